The normalized spacial score (nSPS) is 12.4. The highest BCUT2D eigenvalue weighted by Gasteiger charge is 2.16. The van der Waals surface area contributed by atoms with Crippen molar-refractivity contribution in [3.05, 3.63) is 29.8 Å². The van der Waals surface area contributed by atoms with Crippen LogP contribution in [0.1, 0.15) is 37.0 Å². The van der Waals surface area contributed by atoms with E-state index in [1.54, 1.807) is 12.1 Å². The van der Waals surface area contributed by atoms with Crippen LogP contribution in [0.4, 0.5) is 0 Å². The Balaban J connectivity index is 2.48. The maximum Gasteiger partial charge on any atom is 0.251 e. The molecule has 1 aromatic rings. The molecule has 1 atom stereocenters. The highest BCUT2D eigenvalue weighted by Crippen LogP contribution is 2.18. The van der Waals surface area contributed by atoms with Crippen LogP contribution in [0.15, 0.2) is 24.3 Å². The number of amides is 1. The first-order valence-corrected chi connectivity index (χ1v) is 6.73. The van der Waals surface area contributed by atoms with Gasteiger partial charge >= 0.3 is 0 Å². The van der Waals surface area contributed by atoms with Gasteiger partial charge in [0.2, 0.25) is 0 Å². The highest BCUT2D eigenvalue weighted by atomic mass is 35.5. The van der Waals surface area contributed by atoms with E-state index >= 15 is 0 Å². The van der Waals surface area contributed by atoms with E-state index in [1.807, 2.05) is 0 Å². The third kappa shape index (κ3) is 4.22. The molecule has 1 unspecified atom stereocenters. The highest BCUT2D eigenvalue weighted by molar-refractivity contribution is 6.21. The van der Waals surface area contributed by atoms with Crippen LogP contribution in [0.5, 0.6) is 5.75 Å². The van der Waals surface area contributed by atoms with Crippen molar-refractivity contribution in [2.24, 2.45) is 5.92 Å². The summed E-state index contributed by atoms with van der Waals surface area (Å²) in [5.41, 5.74) is 0.529. The lowest BCUT2D eigenvalue weighted by molar-refractivity contribution is 0.0951. The zero-order valence-corrected chi connectivity index (χ0v) is 11.6. The van der Waals surface area contributed by atoms with Crippen molar-refractivity contribution in [1.29, 1.82) is 0 Å². The molecule has 0 heterocycles. The fourth-order valence-corrected chi connectivity index (χ4v) is 2.31. The lowest BCUT2D eigenvalue weighted by Gasteiger charge is -2.19. The Bertz CT molecular complexity index is 374. The molecular weight excluding hydrogens is 250 g/mol. The zero-order chi connectivity index (χ0) is 13.5. The van der Waals surface area contributed by atoms with E-state index < -0.39 is 0 Å². The van der Waals surface area contributed by atoms with E-state index in [0.29, 0.717) is 18.0 Å². The molecule has 1 amide bonds. The van der Waals surface area contributed by atoms with E-state index in [4.69, 9.17) is 16.7 Å². The Morgan fingerprint density at radius 3 is 2.33 bits per heavy atom. The number of phenolic OH excluding ortho intramolecular Hbond substituents is 1. The number of aromatic hydroxyl groups is 1. The van der Waals surface area contributed by atoms with E-state index in [9.17, 15) is 4.79 Å². The Morgan fingerprint density at radius 1 is 1.28 bits per heavy atom. The molecule has 0 saturated heterocycles. The second-order valence-electron chi connectivity index (χ2n) is 4.35. The molecule has 0 fully saturated rings. The van der Waals surface area contributed by atoms with Crippen molar-refractivity contribution >= 4 is 17.5 Å². The van der Waals surface area contributed by atoms with Crippen LogP contribution in [0.25, 0.3) is 0 Å². The summed E-state index contributed by atoms with van der Waals surface area (Å²) in [6.07, 6.45) is 2.03. The van der Waals surface area contributed by atoms with Crippen molar-refractivity contribution in [1.82, 2.24) is 5.32 Å². The SMILES string of the molecule is CCC(CC)C(Cl)CNC(=O)c1ccc(O)cc1. The molecule has 0 saturated carbocycles. The summed E-state index contributed by atoms with van der Waals surface area (Å²) in [5, 5.41) is 11.9. The van der Waals surface area contributed by atoms with Crippen LogP contribution in [0.3, 0.4) is 0 Å². The fourth-order valence-electron chi connectivity index (χ4n) is 1.87. The van der Waals surface area contributed by atoms with E-state index in [0.717, 1.165) is 12.8 Å². The first kappa shape index (κ1) is 14.8. The molecule has 18 heavy (non-hydrogen) atoms. The molecule has 4 heteroatoms. The molecule has 100 valence electrons. The van der Waals surface area contributed by atoms with Gasteiger partial charge in [0.1, 0.15) is 5.75 Å². The second-order valence-corrected chi connectivity index (χ2v) is 4.91. The molecular formula is C14H20ClNO2. The molecule has 2 N–H and O–H groups in total. The quantitative estimate of drug-likeness (QED) is 0.780. The molecule has 1 rings (SSSR count). The van der Waals surface area contributed by atoms with Crippen LogP contribution >= 0.6 is 11.6 Å². The molecule has 0 aromatic heterocycles. The van der Waals surface area contributed by atoms with Gasteiger partial charge in [0, 0.05) is 12.1 Å². The van der Waals surface area contributed by atoms with E-state index in [-0.39, 0.29) is 17.0 Å². The standard InChI is InChI=1S/C14H20ClNO2/c1-3-10(4-2)13(15)9-16-14(18)11-5-7-12(17)8-6-11/h5-8,10,13,17H,3-4,9H2,1-2H3,(H,16,18). The minimum absolute atomic E-state index is 0.0407. The fraction of sp³-hybridized carbons (Fsp3) is 0.500. The number of hydrogen-bond acceptors (Lipinski definition) is 2. The van der Waals surface area contributed by atoms with Crippen LogP contribution < -0.4 is 5.32 Å². The van der Waals surface area contributed by atoms with Crippen LogP contribution in [-0.2, 0) is 0 Å². The van der Waals surface area contributed by atoms with Gasteiger partial charge < -0.3 is 10.4 Å². The smallest absolute Gasteiger partial charge is 0.251 e. The number of benzene rings is 1. The number of carbonyl (C=O) groups is 1. The maximum atomic E-state index is 11.8. The minimum atomic E-state index is -0.161. The average molecular weight is 270 g/mol. The predicted molar refractivity (Wildman–Crippen MR) is 74.2 cm³/mol. The summed E-state index contributed by atoms with van der Waals surface area (Å²) in [4.78, 5) is 11.8. The first-order chi connectivity index (χ1) is 8.58. The largest absolute Gasteiger partial charge is 0.508 e. The number of halogens is 1. The summed E-state index contributed by atoms with van der Waals surface area (Å²) >= 11 is 6.25. The summed E-state index contributed by atoms with van der Waals surface area (Å²) in [5.74, 6) is 0.414. The number of phenols is 1. The number of alkyl halides is 1. The van der Waals surface area contributed by atoms with Crippen molar-refractivity contribution in [2.75, 3.05) is 6.54 Å². The number of nitrogens with one attached hydrogen (secondary N) is 1. The summed E-state index contributed by atoms with van der Waals surface area (Å²) < 4.78 is 0. The van der Waals surface area contributed by atoms with Gasteiger partial charge in [-0.25, -0.2) is 0 Å². The van der Waals surface area contributed by atoms with Gasteiger partial charge in [-0.3, -0.25) is 4.79 Å². The Labute approximate surface area is 113 Å². The third-order valence-corrected chi connectivity index (χ3v) is 3.66. The van der Waals surface area contributed by atoms with Crippen molar-refractivity contribution in [3.8, 4) is 5.75 Å². The van der Waals surface area contributed by atoms with Gasteiger partial charge in [-0.15, -0.1) is 11.6 Å². The molecule has 0 aliphatic rings. The van der Waals surface area contributed by atoms with Crippen molar-refractivity contribution in [3.63, 3.8) is 0 Å². The number of rotatable bonds is 6. The summed E-state index contributed by atoms with van der Waals surface area (Å²) in [6, 6.07) is 6.16. The van der Waals surface area contributed by atoms with Crippen LogP contribution in [0.2, 0.25) is 0 Å². The van der Waals surface area contributed by atoms with Gasteiger partial charge in [-0.05, 0) is 30.2 Å². The monoisotopic (exact) mass is 269 g/mol. The molecule has 0 aliphatic heterocycles. The summed E-state index contributed by atoms with van der Waals surface area (Å²) in [7, 11) is 0. The van der Waals surface area contributed by atoms with Gasteiger partial charge in [-0.1, -0.05) is 26.7 Å². The minimum Gasteiger partial charge on any atom is -0.508 e. The first-order valence-electron chi connectivity index (χ1n) is 6.29. The number of carbonyl (C=O) groups excluding carboxylic acids is 1. The van der Waals surface area contributed by atoms with Gasteiger partial charge in [0.25, 0.3) is 5.91 Å². The number of hydrogen-bond donors (Lipinski definition) is 2. The zero-order valence-electron chi connectivity index (χ0n) is 10.8. The average Bonchev–Trinajstić information content (AvgIpc) is 2.38. The Hall–Kier alpha value is -1.22. The van der Waals surface area contributed by atoms with E-state index in [1.165, 1.54) is 12.1 Å². The van der Waals surface area contributed by atoms with E-state index in [2.05, 4.69) is 19.2 Å². The van der Waals surface area contributed by atoms with Crippen LogP contribution in [-0.4, -0.2) is 22.9 Å². The molecule has 0 radical (unpaired) electrons. The van der Waals surface area contributed by atoms with Crippen molar-refractivity contribution in [2.45, 2.75) is 32.1 Å². The topological polar surface area (TPSA) is 49.3 Å². The molecule has 1 aromatic carbocycles. The molecule has 0 spiro atoms. The molecule has 3 nitrogen and oxygen atoms in total. The predicted octanol–water partition coefficient (Wildman–Crippen LogP) is 3.17. The third-order valence-electron chi connectivity index (χ3n) is 3.15. The van der Waals surface area contributed by atoms with Crippen LogP contribution in [0, 0.1) is 5.92 Å². The Kier molecular flexibility index (Phi) is 5.99. The molecule has 0 bridgehead atoms. The lowest BCUT2D eigenvalue weighted by atomic mass is 9.99. The van der Waals surface area contributed by atoms with Gasteiger partial charge in [-0.2, -0.15) is 0 Å². The lowest BCUT2D eigenvalue weighted by Crippen LogP contribution is -2.33. The maximum absolute atomic E-state index is 11.8. The van der Waals surface area contributed by atoms with Crippen molar-refractivity contribution < 1.29 is 9.90 Å². The molecule has 0 aliphatic carbocycles. The van der Waals surface area contributed by atoms with Gasteiger partial charge in [0.15, 0.2) is 0 Å². The summed E-state index contributed by atoms with van der Waals surface area (Å²) in [6.45, 7) is 4.67. The second kappa shape index (κ2) is 7.27. The Morgan fingerprint density at radius 2 is 1.83 bits per heavy atom. The van der Waals surface area contributed by atoms with Gasteiger partial charge in [0.05, 0.1) is 5.38 Å².